The summed E-state index contributed by atoms with van der Waals surface area (Å²) in [5.41, 5.74) is 6.77. The molecule has 1 aliphatic heterocycles. The summed E-state index contributed by atoms with van der Waals surface area (Å²) in [6, 6.07) is 3.37. The molecule has 1 amide bonds. The summed E-state index contributed by atoms with van der Waals surface area (Å²) in [4.78, 5) is 32.4. The maximum Gasteiger partial charge on any atom is 0.338 e. The lowest BCUT2D eigenvalue weighted by atomic mass is 10.1. The van der Waals surface area contributed by atoms with Crippen molar-refractivity contribution in [2.75, 3.05) is 38.2 Å². The number of hydrogen-bond donors (Lipinski definition) is 1. The first kappa shape index (κ1) is 18.2. The van der Waals surface area contributed by atoms with Gasteiger partial charge in [0.2, 0.25) is 5.91 Å². The number of carbonyl (C=O) groups is 2. The maximum absolute atomic E-state index is 12.1. The standard InChI is InChI=1S/C17H26N4O3/c1-12(2)8-16(22)21-6-4-20(5-7-21)15-10-13(17(23)24-3)9-14(11-18)19-15/h9-10,12H,4-8,11,18H2,1-3H3. The van der Waals surface area contributed by atoms with Crippen molar-refractivity contribution in [2.24, 2.45) is 11.7 Å². The third-order valence-corrected chi connectivity index (χ3v) is 4.03. The second-order valence-electron chi connectivity index (χ2n) is 6.37. The predicted molar refractivity (Wildman–Crippen MR) is 91.7 cm³/mol. The molecular formula is C17H26N4O3. The van der Waals surface area contributed by atoms with E-state index in [0.29, 0.717) is 55.6 Å². The Morgan fingerprint density at radius 2 is 1.92 bits per heavy atom. The number of hydrogen-bond acceptors (Lipinski definition) is 6. The molecule has 0 aromatic carbocycles. The van der Waals surface area contributed by atoms with E-state index in [4.69, 9.17) is 10.5 Å². The molecule has 0 aliphatic carbocycles. The van der Waals surface area contributed by atoms with Crippen LogP contribution in [0.2, 0.25) is 0 Å². The van der Waals surface area contributed by atoms with E-state index in [-0.39, 0.29) is 12.5 Å². The summed E-state index contributed by atoms with van der Waals surface area (Å²) in [5, 5.41) is 0. The number of methoxy groups -OCH3 is 1. The third-order valence-electron chi connectivity index (χ3n) is 4.03. The molecule has 1 aromatic rings. The molecule has 7 nitrogen and oxygen atoms in total. The Balaban J connectivity index is 2.08. The molecule has 0 radical (unpaired) electrons. The first-order chi connectivity index (χ1) is 11.4. The van der Waals surface area contributed by atoms with Crippen molar-refractivity contribution >= 4 is 17.7 Å². The summed E-state index contributed by atoms with van der Waals surface area (Å²) in [6.07, 6.45) is 0.577. The fourth-order valence-corrected chi connectivity index (χ4v) is 2.74. The van der Waals surface area contributed by atoms with Gasteiger partial charge in [-0.3, -0.25) is 4.79 Å². The van der Waals surface area contributed by atoms with Gasteiger partial charge in [-0.2, -0.15) is 0 Å². The zero-order chi connectivity index (χ0) is 17.7. The third kappa shape index (κ3) is 4.44. The van der Waals surface area contributed by atoms with Crippen molar-refractivity contribution in [1.29, 1.82) is 0 Å². The van der Waals surface area contributed by atoms with Crippen molar-refractivity contribution < 1.29 is 14.3 Å². The number of nitrogens with zero attached hydrogens (tertiary/aromatic N) is 3. The van der Waals surface area contributed by atoms with Gasteiger partial charge in [-0.15, -0.1) is 0 Å². The highest BCUT2D eigenvalue weighted by atomic mass is 16.5. The molecule has 1 fully saturated rings. The number of nitrogens with two attached hydrogens (primary N) is 1. The van der Waals surface area contributed by atoms with Crippen LogP contribution in [0.3, 0.4) is 0 Å². The monoisotopic (exact) mass is 334 g/mol. The van der Waals surface area contributed by atoms with Crippen LogP contribution in [-0.2, 0) is 16.1 Å². The second-order valence-corrected chi connectivity index (χ2v) is 6.37. The smallest absolute Gasteiger partial charge is 0.338 e. The quantitative estimate of drug-likeness (QED) is 0.809. The van der Waals surface area contributed by atoms with Crippen LogP contribution in [0.1, 0.15) is 36.3 Å². The Morgan fingerprint density at radius 3 is 2.46 bits per heavy atom. The van der Waals surface area contributed by atoms with Crippen LogP contribution in [0.4, 0.5) is 5.82 Å². The Bertz CT molecular complexity index is 595. The van der Waals surface area contributed by atoms with Crippen LogP contribution in [0.15, 0.2) is 12.1 Å². The number of pyridine rings is 1. The summed E-state index contributed by atoms with van der Waals surface area (Å²) < 4.78 is 4.78. The van der Waals surface area contributed by atoms with Gasteiger partial charge in [0.15, 0.2) is 0 Å². The number of ether oxygens (including phenoxy) is 1. The number of esters is 1. The van der Waals surface area contributed by atoms with Crippen LogP contribution >= 0.6 is 0 Å². The SMILES string of the molecule is COC(=O)c1cc(CN)nc(N2CCN(C(=O)CC(C)C)CC2)c1. The topological polar surface area (TPSA) is 88.8 Å². The molecule has 0 atom stereocenters. The summed E-state index contributed by atoms with van der Waals surface area (Å²) >= 11 is 0. The van der Waals surface area contributed by atoms with Crippen LogP contribution in [0, 0.1) is 5.92 Å². The fraction of sp³-hybridized carbons (Fsp3) is 0.588. The first-order valence-electron chi connectivity index (χ1n) is 8.26. The van der Waals surface area contributed by atoms with E-state index in [1.54, 1.807) is 12.1 Å². The highest BCUT2D eigenvalue weighted by Gasteiger charge is 2.23. The summed E-state index contributed by atoms with van der Waals surface area (Å²) in [6.45, 7) is 7.04. The zero-order valence-corrected chi connectivity index (χ0v) is 14.6. The minimum atomic E-state index is -0.404. The molecule has 0 unspecified atom stereocenters. The zero-order valence-electron chi connectivity index (χ0n) is 14.6. The van der Waals surface area contributed by atoms with Gasteiger partial charge in [0.1, 0.15) is 5.82 Å². The second kappa shape index (κ2) is 8.10. The lowest BCUT2D eigenvalue weighted by Gasteiger charge is -2.36. The van der Waals surface area contributed by atoms with Gasteiger partial charge in [0.25, 0.3) is 0 Å². The number of amides is 1. The normalized spacial score (nSPS) is 14.9. The van der Waals surface area contributed by atoms with Crippen molar-refractivity contribution in [3.05, 3.63) is 23.4 Å². The highest BCUT2D eigenvalue weighted by molar-refractivity contribution is 5.90. The average molecular weight is 334 g/mol. The van der Waals surface area contributed by atoms with Crippen LogP contribution < -0.4 is 10.6 Å². The van der Waals surface area contributed by atoms with E-state index >= 15 is 0 Å². The van der Waals surface area contributed by atoms with E-state index in [0.717, 1.165) is 0 Å². The van der Waals surface area contributed by atoms with Gasteiger partial charge in [-0.1, -0.05) is 13.8 Å². The van der Waals surface area contributed by atoms with Crippen LogP contribution in [-0.4, -0.2) is 55.0 Å². The lowest BCUT2D eigenvalue weighted by molar-refractivity contribution is -0.132. The molecule has 2 rings (SSSR count). The van der Waals surface area contributed by atoms with E-state index in [1.807, 2.05) is 18.7 Å². The average Bonchev–Trinajstić information content (AvgIpc) is 2.60. The minimum absolute atomic E-state index is 0.198. The largest absolute Gasteiger partial charge is 0.465 e. The molecule has 2 N–H and O–H groups in total. The molecule has 132 valence electrons. The van der Waals surface area contributed by atoms with Crippen molar-refractivity contribution in [2.45, 2.75) is 26.8 Å². The summed E-state index contributed by atoms with van der Waals surface area (Å²) in [5.74, 6) is 0.859. The van der Waals surface area contributed by atoms with Crippen molar-refractivity contribution in [3.63, 3.8) is 0 Å². The van der Waals surface area contributed by atoms with Gasteiger partial charge in [0, 0.05) is 39.1 Å². The molecule has 24 heavy (non-hydrogen) atoms. The molecule has 1 saturated heterocycles. The first-order valence-corrected chi connectivity index (χ1v) is 8.26. The van der Waals surface area contributed by atoms with Gasteiger partial charge in [-0.25, -0.2) is 9.78 Å². The van der Waals surface area contributed by atoms with Crippen LogP contribution in [0.5, 0.6) is 0 Å². The number of rotatable bonds is 5. The van der Waals surface area contributed by atoms with Gasteiger partial charge in [-0.05, 0) is 18.1 Å². The number of piperazine rings is 1. The van der Waals surface area contributed by atoms with E-state index < -0.39 is 5.97 Å². The van der Waals surface area contributed by atoms with Crippen LogP contribution in [0.25, 0.3) is 0 Å². The molecule has 1 aliphatic rings. The lowest BCUT2D eigenvalue weighted by Crippen LogP contribution is -2.49. The van der Waals surface area contributed by atoms with Gasteiger partial charge in [0.05, 0.1) is 18.4 Å². The number of aromatic nitrogens is 1. The van der Waals surface area contributed by atoms with E-state index in [1.165, 1.54) is 7.11 Å². The van der Waals surface area contributed by atoms with Crippen molar-refractivity contribution in [3.8, 4) is 0 Å². The molecular weight excluding hydrogens is 308 g/mol. The van der Waals surface area contributed by atoms with E-state index in [2.05, 4.69) is 9.88 Å². The molecule has 7 heteroatoms. The Kier molecular flexibility index (Phi) is 6.14. The fourth-order valence-electron chi connectivity index (χ4n) is 2.74. The van der Waals surface area contributed by atoms with E-state index in [9.17, 15) is 9.59 Å². The molecule has 0 spiro atoms. The Morgan fingerprint density at radius 1 is 1.25 bits per heavy atom. The minimum Gasteiger partial charge on any atom is -0.465 e. The Labute approximate surface area is 142 Å². The van der Waals surface area contributed by atoms with Crippen molar-refractivity contribution in [1.82, 2.24) is 9.88 Å². The highest BCUT2D eigenvalue weighted by Crippen LogP contribution is 2.18. The van der Waals surface area contributed by atoms with Gasteiger partial charge < -0.3 is 20.3 Å². The molecule has 1 aromatic heterocycles. The summed E-state index contributed by atoms with van der Waals surface area (Å²) in [7, 11) is 1.35. The predicted octanol–water partition coefficient (Wildman–Crippen LogP) is 1.02. The maximum atomic E-state index is 12.1. The molecule has 2 heterocycles. The molecule has 0 bridgehead atoms. The molecule has 0 saturated carbocycles. The number of carbonyl (C=O) groups excluding carboxylic acids is 2. The Hall–Kier alpha value is -2.15. The van der Waals surface area contributed by atoms with Gasteiger partial charge >= 0.3 is 5.97 Å². The number of anilines is 1.